The molecule has 1 unspecified atom stereocenters. The SMILES string of the molecule is CCC(=O)NC1CCN(C(C)C)C1. The van der Waals surface area contributed by atoms with Crippen molar-refractivity contribution < 1.29 is 4.79 Å². The van der Waals surface area contributed by atoms with Crippen LogP contribution in [0.3, 0.4) is 0 Å². The minimum atomic E-state index is 0.176. The van der Waals surface area contributed by atoms with E-state index in [0.29, 0.717) is 18.5 Å². The maximum absolute atomic E-state index is 11.1. The fraction of sp³-hybridized carbons (Fsp3) is 0.900. The van der Waals surface area contributed by atoms with Gasteiger partial charge in [0.2, 0.25) is 5.91 Å². The van der Waals surface area contributed by atoms with E-state index in [2.05, 4.69) is 24.1 Å². The molecule has 0 aliphatic carbocycles. The minimum absolute atomic E-state index is 0.176. The van der Waals surface area contributed by atoms with Crippen molar-refractivity contribution in [3.8, 4) is 0 Å². The van der Waals surface area contributed by atoms with Gasteiger partial charge in [-0.25, -0.2) is 0 Å². The first-order chi connectivity index (χ1) is 6.13. The van der Waals surface area contributed by atoms with Crippen LogP contribution in [0.25, 0.3) is 0 Å². The highest BCUT2D eigenvalue weighted by Crippen LogP contribution is 2.12. The summed E-state index contributed by atoms with van der Waals surface area (Å²) in [6, 6.07) is 0.985. The predicted molar refractivity (Wildman–Crippen MR) is 53.5 cm³/mol. The van der Waals surface area contributed by atoms with Crippen molar-refractivity contribution in [2.75, 3.05) is 13.1 Å². The molecule has 0 radical (unpaired) electrons. The number of carbonyl (C=O) groups excluding carboxylic acids is 1. The molecular weight excluding hydrogens is 164 g/mol. The van der Waals surface area contributed by atoms with E-state index in [-0.39, 0.29) is 5.91 Å². The van der Waals surface area contributed by atoms with Crippen LogP contribution in [0, 0.1) is 0 Å². The predicted octanol–water partition coefficient (Wildman–Crippen LogP) is 0.995. The van der Waals surface area contributed by atoms with E-state index >= 15 is 0 Å². The number of hydrogen-bond donors (Lipinski definition) is 1. The molecule has 1 atom stereocenters. The molecule has 3 heteroatoms. The first-order valence-corrected chi connectivity index (χ1v) is 5.17. The molecule has 0 saturated carbocycles. The molecule has 1 aliphatic heterocycles. The van der Waals surface area contributed by atoms with Gasteiger partial charge in [-0.05, 0) is 20.3 Å². The second kappa shape index (κ2) is 4.61. The van der Waals surface area contributed by atoms with Crippen LogP contribution < -0.4 is 5.32 Å². The molecule has 1 rings (SSSR count). The third-order valence-corrected chi connectivity index (χ3v) is 2.64. The lowest BCUT2D eigenvalue weighted by atomic mass is 10.2. The Balaban J connectivity index is 2.29. The van der Waals surface area contributed by atoms with Gasteiger partial charge in [-0.3, -0.25) is 9.69 Å². The minimum Gasteiger partial charge on any atom is -0.352 e. The van der Waals surface area contributed by atoms with E-state index in [1.165, 1.54) is 0 Å². The molecular formula is C10H20N2O. The molecule has 1 N–H and O–H groups in total. The Morgan fingerprint density at radius 1 is 1.62 bits per heavy atom. The largest absolute Gasteiger partial charge is 0.352 e. The normalized spacial score (nSPS) is 23.8. The summed E-state index contributed by atoms with van der Waals surface area (Å²) in [5.41, 5.74) is 0. The lowest BCUT2D eigenvalue weighted by molar-refractivity contribution is -0.121. The van der Waals surface area contributed by atoms with Crippen LogP contribution in [0.4, 0.5) is 0 Å². The molecule has 1 amide bonds. The number of carbonyl (C=O) groups is 1. The van der Waals surface area contributed by atoms with Gasteiger partial charge in [0, 0.05) is 31.6 Å². The van der Waals surface area contributed by atoms with Crippen LogP contribution in [0.5, 0.6) is 0 Å². The van der Waals surface area contributed by atoms with Crippen molar-refractivity contribution in [2.45, 2.75) is 45.7 Å². The van der Waals surface area contributed by atoms with E-state index in [1.54, 1.807) is 0 Å². The van der Waals surface area contributed by atoms with Gasteiger partial charge in [0.05, 0.1) is 0 Å². The second-order valence-electron chi connectivity index (χ2n) is 4.00. The van der Waals surface area contributed by atoms with Gasteiger partial charge in [-0.2, -0.15) is 0 Å². The fourth-order valence-corrected chi connectivity index (χ4v) is 1.70. The van der Waals surface area contributed by atoms with Crippen LogP contribution >= 0.6 is 0 Å². The Morgan fingerprint density at radius 2 is 2.31 bits per heavy atom. The standard InChI is InChI=1S/C10H20N2O/c1-4-10(13)11-9-5-6-12(7-9)8(2)3/h8-9H,4-7H2,1-3H3,(H,11,13). The molecule has 0 aromatic rings. The Morgan fingerprint density at radius 3 is 2.77 bits per heavy atom. The Labute approximate surface area is 80.5 Å². The number of nitrogens with zero attached hydrogens (tertiary/aromatic N) is 1. The van der Waals surface area contributed by atoms with Gasteiger partial charge >= 0.3 is 0 Å². The second-order valence-corrected chi connectivity index (χ2v) is 4.00. The van der Waals surface area contributed by atoms with Crippen molar-refractivity contribution in [3.05, 3.63) is 0 Å². The van der Waals surface area contributed by atoms with E-state index in [0.717, 1.165) is 19.5 Å². The topological polar surface area (TPSA) is 32.3 Å². The van der Waals surface area contributed by atoms with Crippen LogP contribution in [0.15, 0.2) is 0 Å². The van der Waals surface area contributed by atoms with Crippen LogP contribution in [-0.4, -0.2) is 36.0 Å². The van der Waals surface area contributed by atoms with Crippen molar-refractivity contribution in [1.29, 1.82) is 0 Å². The van der Waals surface area contributed by atoms with Gasteiger partial charge in [0.15, 0.2) is 0 Å². The molecule has 1 fully saturated rings. The van der Waals surface area contributed by atoms with Gasteiger partial charge in [0.25, 0.3) is 0 Å². The molecule has 0 aromatic carbocycles. The molecule has 3 nitrogen and oxygen atoms in total. The average molecular weight is 184 g/mol. The number of likely N-dealkylation sites (tertiary alicyclic amines) is 1. The summed E-state index contributed by atoms with van der Waals surface area (Å²) in [7, 11) is 0. The summed E-state index contributed by atoms with van der Waals surface area (Å²) in [5, 5.41) is 3.03. The zero-order valence-corrected chi connectivity index (χ0v) is 8.84. The number of rotatable bonds is 3. The number of amides is 1. The average Bonchev–Trinajstić information content (AvgIpc) is 2.52. The van der Waals surface area contributed by atoms with Crippen molar-refractivity contribution in [1.82, 2.24) is 10.2 Å². The molecule has 1 saturated heterocycles. The molecule has 1 heterocycles. The summed E-state index contributed by atoms with van der Waals surface area (Å²) in [6.07, 6.45) is 1.70. The Hall–Kier alpha value is -0.570. The van der Waals surface area contributed by atoms with Crippen LogP contribution in [-0.2, 0) is 4.79 Å². The molecule has 13 heavy (non-hydrogen) atoms. The highest BCUT2D eigenvalue weighted by Gasteiger charge is 2.24. The number of hydrogen-bond acceptors (Lipinski definition) is 2. The Bertz CT molecular complexity index is 180. The van der Waals surface area contributed by atoms with E-state index in [4.69, 9.17) is 0 Å². The third kappa shape index (κ3) is 2.99. The fourth-order valence-electron chi connectivity index (χ4n) is 1.70. The first kappa shape index (κ1) is 10.5. The maximum Gasteiger partial charge on any atom is 0.219 e. The highest BCUT2D eigenvalue weighted by molar-refractivity contribution is 5.75. The van der Waals surface area contributed by atoms with Crippen molar-refractivity contribution in [2.24, 2.45) is 0 Å². The monoisotopic (exact) mass is 184 g/mol. The molecule has 0 aromatic heterocycles. The van der Waals surface area contributed by atoms with Gasteiger partial charge in [-0.1, -0.05) is 6.92 Å². The van der Waals surface area contributed by atoms with Gasteiger partial charge in [-0.15, -0.1) is 0 Å². The zero-order valence-electron chi connectivity index (χ0n) is 8.84. The van der Waals surface area contributed by atoms with Crippen molar-refractivity contribution >= 4 is 5.91 Å². The summed E-state index contributed by atoms with van der Waals surface area (Å²) >= 11 is 0. The van der Waals surface area contributed by atoms with E-state index < -0.39 is 0 Å². The maximum atomic E-state index is 11.1. The quantitative estimate of drug-likeness (QED) is 0.709. The van der Waals surface area contributed by atoms with E-state index in [9.17, 15) is 4.79 Å². The Kier molecular flexibility index (Phi) is 3.72. The van der Waals surface area contributed by atoms with Crippen molar-refractivity contribution in [3.63, 3.8) is 0 Å². The number of nitrogens with one attached hydrogen (secondary N) is 1. The lowest BCUT2D eigenvalue weighted by Crippen LogP contribution is -2.38. The highest BCUT2D eigenvalue weighted by atomic mass is 16.1. The van der Waals surface area contributed by atoms with Crippen LogP contribution in [0.1, 0.15) is 33.6 Å². The van der Waals surface area contributed by atoms with Gasteiger partial charge < -0.3 is 5.32 Å². The third-order valence-electron chi connectivity index (χ3n) is 2.64. The molecule has 0 bridgehead atoms. The summed E-state index contributed by atoms with van der Waals surface area (Å²) in [5.74, 6) is 0.176. The van der Waals surface area contributed by atoms with E-state index in [1.807, 2.05) is 6.92 Å². The lowest BCUT2D eigenvalue weighted by Gasteiger charge is -2.20. The first-order valence-electron chi connectivity index (χ1n) is 5.17. The molecule has 76 valence electrons. The zero-order chi connectivity index (χ0) is 9.84. The van der Waals surface area contributed by atoms with Crippen LogP contribution in [0.2, 0.25) is 0 Å². The molecule has 1 aliphatic rings. The van der Waals surface area contributed by atoms with Gasteiger partial charge in [0.1, 0.15) is 0 Å². The summed E-state index contributed by atoms with van der Waals surface area (Å²) in [6.45, 7) is 8.42. The smallest absolute Gasteiger partial charge is 0.219 e. The summed E-state index contributed by atoms with van der Waals surface area (Å²) < 4.78 is 0. The summed E-state index contributed by atoms with van der Waals surface area (Å²) in [4.78, 5) is 13.5. The molecule has 0 spiro atoms.